The second-order valence-corrected chi connectivity index (χ2v) is 5.27. The second kappa shape index (κ2) is 7.38. The van der Waals surface area contributed by atoms with E-state index in [1.165, 1.54) is 0 Å². The second-order valence-electron chi connectivity index (χ2n) is 4.15. The Morgan fingerprint density at radius 1 is 1.28 bits per heavy atom. The van der Waals surface area contributed by atoms with Crippen LogP contribution < -0.4 is 5.32 Å². The molecule has 0 aromatic carbocycles. The van der Waals surface area contributed by atoms with Crippen LogP contribution in [-0.2, 0) is 4.79 Å². The van der Waals surface area contributed by atoms with Crippen LogP contribution in [0, 0.1) is 0 Å². The number of urea groups is 1. The summed E-state index contributed by atoms with van der Waals surface area (Å²) >= 11 is 3.18. The number of carboxylic acids is 1. The Bertz CT molecular complexity index is 327. The molecule has 2 amide bonds. The van der Waals surface area contributed by atoms with Gasteiger partial charge < -0.3 is 15.3 Å². The van der Waals surface area contributed by atoms with Gasteiger partial charge in [-0.1, -0.05) is 22.5 Å². The number of amides is 2. The molecule has 102 valence electrons. The lowest BCUT2D eigenvalue weighted by Crippen LogP contribution is -2.52. The molecule has 2 N–H and O–H groups in total. The molecule has 0 radical (unpaired) electrons. The van der Waals surface area contributed by atoms with Crippen LogP contribution in [0.3, 0.4) is 0 Å². The minimum Gasteiger partial charge on any atom is -0.481 e. The van der Waals surface area contributed by atoms with E-state index in [0.29, 0.717) is 26.2 Å². The highest BCUT2D eigenvalue weighted by Crippen LogP contribution is 2.04. The first-order valence-electron chi connectivity index (χ1n) is 5.79. The van der Waals surface area contributed by atoms with Gasteiger partial charge in [0.2, 0.25) is 0 Å². The zero-order chi connectivity index (χ0) is 13.5. The molecule has 0 atom stereocenters. The normalized spacial score (nSPS) is 16.4. The summed E-state index contributed by atoms with van der Waals surface area (Å²) in [5.74, 6) is -0.786. The number of carbonyl (C=O) groups is 2. The zero-order valence-corrected chi connectivity index (χ0v) is 11.8. The van der Waals surface area contributed by atoms with Gasteiger partial charge in [-0.15, -0.1) is 0 Å². The van der Waals surface area contributed by atoms with E-state index in [4.69, 9.17) is 5.11 Å². The van der Waals surface area contributed by atoms with Gasteiger partial charge in [0.1, 0.15) is 0 Å². The Labute approximate surface area is 115 Å². The van der Waals surface area contributed by atoms with Crippen LogP contribution in [0.15, 0.2) is 11.1 Å². The number of carboxylic acid groups (broad SMARTS) is 1. The Morgan fingerprint density at radius 2 is 1.89 bits per heavy atom. The summed E-state index contributed by atoms with van der Waals surface area (Å²) in [5, 5.41) is 11.3. The van der Waals surface area contributed by atoms with Gasteiger partial charge >= 0.3 is 12.0 Å². The van der Waals surface area contributed by atoms with Crippen molar-refractivity contribution in [3.63, 3.8) is 0 Å². The third-order valence-corrected chi connectivity index (χ3v) is 3.01. The van der Waals surface area contributed by atoms with E-state index in [0.717, 1.165) is 17.6 Å². The molecular formula is C11H18BrN3O3. The minimum atomic E-state index is -0.786. The van der Waals surface area contributed by atoms with Crippen molar-refractivity contribution in [2.24, 2.45) is 0 Å². The van der Waals surface area contributed by atoms with Gasteiger partial charge in [0, 0.05) is 37.2 Å². The smallest absolute Gasteiger partial charge is 0.317 e. The zero-order valence-electron chi connectivity index (χ0n) is 10.2. The molecule has 0 saturated carbocycles. The van der Waals surface area contributed by atoms with Crippen LogP contribution >= 0.6 is 15.9 Å². The number of nitrogens with one attached hydrogen (secondary N) is 1. The lowest BCUT2D eigenvalue weighted by atomic mass is 10.3. The number of hydrogen-bond acceptors (Lipinski definition) is 3. The average molecular weight is 320 g/mol. The first kappa shape index (κ1) is 15.0. The lowest BCUT2D eigenvalue weighted by molar-refractivity contribution is -0.137. The predicted octanol–water partition coefficient (Wildman–Crippen LogP) is 0.697. The van der Waals surface area contributed by atoms with Crippen LogP contribution in [0.25, 0.3) is 0 Å². The van der Waals surface area contributed by atoms with Gasteiger partial charge in [-0.25, -0.2) is 4.79 Å². The SMILES string of the molecule is C=C(Br)CNC(=O)N1CCN(CCC(=O)O)CC1. The summed E-state index contributed by atoms with van der Waals surface area (Å²) < 4.78 is 0.732. The first-order chi connectivity index (χ1) is 8.49. The molecule has 1 fully saturated rings. The third kappa shape index (κ3) is 5.50. The number of aliphatic carboxylic acids is 1. The number of carbonyl (C=O) groups excluding carboxylic acids is 1. The van der Waals surface area contributed by atoms with Crippen molar-refractivity contribution in [1.82, 2.24) is 15.1 Å². The van der Waals surface area contributed by atoms with Crippen molar-refractivity contribution in [2.45, 2.75) is 6.42 Å². The number of rotatable bonds is 5. The van der Waals surface area contributed by atoms with Crippen molar-refractivity contribution < 1.29 is 14.7 Å². The molecule has 6 nitrogen and oxygen atoms in total. The molecule has 18 heavy (non-hydrogen) atoms. The Kier molecular flexibility index (Phi) is 6.14. The molecule has 0 aliphatic carbocycles. The summed E-state index contributed by atoms with van der Waals surface area (Å²) in [6.45, 7) is 7.29. The lowest BCUT2D eigenvalue weighted by Gasteiger charge is -2.34. The molecule has 0 unspecified atom stereocenters. The number of nitrogens with zero attached hydrogens (tertiary/aromatic N) is 2. The number of halogens is 1. The van der Waals surface area contributed by atoms with Crippen LogP contribution in [-0.4, -0.2) is 66.2 Å². The molecule has 1 rings (SSSR count). The van der Waals surface area contributed by atoms with E-state index in [1.807, 2.05) is 0 Å². The standard InChI is InChI=1S/C11H18BrN3O3/c1-9(12)8-13-11(18)15-6-4-14(5-7-15)3-2-10(16)17/h1-8H2,(H,13,18)(H,16,17). The fraction of sp³-hybridized carbons (Fsp3) is 0.636. The number of piperazine rings is 1. The van der Waals surface area contributed by atoms with Gasteiger partial charge in [0.05, 0.1) is 13.0 Å². The first-order valence-corrected chi connectivity index (χ1v) is 6.58. The molecule has 7 heteroatoms. The molecule has 1 aliphatic heterocycles. The van der Waals surface area contributed by atoms with Crippen molar-refractivity contribution >= 4 is 27.9 Å². The monoisotopic (exact) mass is 319 g/mol. The topological polar surface area (TPSA) is 72.9 Å². The number of hydrogen-bond donors (Lipinski definition) is 2. The Morgan fingerprint density at radius 3 is 2.39 bits per heavy atom. The fourth-order valence-electron chi connectivity index (χ4n) is 1.71. The highest BCUT2D eigenvalue weighted by atomic mass is 79.9. The quantitative estimate of drug-likeness (QED) is 0.782. The summed E-state index contributed by atoms with van der Waals surface area (Å²) in [4.78, 5) is 26.0. The van der Waals surface area contributed by atoms with Crippen molar-refractivity contribution in [1.29, 1.82) is 0 Å². The highest BCUT2D eigenvalue weighted by Gasteiger charge is 2.20. The summed E-state index contributed by atoms with van der Waals surface area (Å²) in [7, 11) is 0. The van der Waals surface area contributed by atoms with Crippen LogP contribution in [0.2, 0.25) is 0 Å². The van der Waals surface area contributed by atoms with Crippen LogP contribution in [0.5, 0.6) is 0 Å². The molecule has 0 spiro atoms. The third-order valence-electron chi connectivity index (χ3n) is 2.73. The minimum absolute atomic E-state index is 0.103. The maximum atomic E-state index is 11.7. The van der Waals surface area contributed by atoms with Crippen molar-refractivity contribution in [3.8, 4) is 0 Å². The van der Waals surface area contributed by atoms with Gasteiger partial charge in [-0.3, -0.25) is 9.69 Å². The van der Waals surface area contributed by atoms with E-state index in [-0.39, 0.29) is 12.5 Å². The Hall–Kier alpha value is -1.08. The molecule has 1 aliphatic rings. The van der Waals surface area contributed by atoms with Crippen LogP contribution in [0.1, 0.15) is 6.42 Å². The van der Waals surface area contributed by atoms with E-state index in [2.05, 4.69) is 32.7 Å². The predicted molar refractivity (Wildman–Crippen MR) is 71.7 cm³/mol. The van der Waals surface area contributed by atoms with Gasteiger partial charge in [-0.2, -0.15) is 0 Å². The van der Waals surface area contributed by atoms with Crippen molar-refractivity contribution in [2.75, 3.05) is 39.3 Å². The van der Waals surface area contributed by atoms with Gasteiger partial charge in [-0.05, 0) is 0 Å². The average Bonchev–Trinajstić information content (AvgIpc) is 2.34. The fourth-order valence-corrected chi connectivity index (χ4v) is 1.85. The summed E-state index contributed by atoms with van der Waals surface area (Å²) in [6, 6.07) is -0.103. The van der Waals surface area contributed by atoms with Gasteiger partial charge in [0.25, 0.3) is 0 Å². The molecule has 1 saturated heterocycles. The maximum Gasteiger partial charge on any atom is 0.317 e. The Balaban J connectivity index is 2.24. The summed E-state index contributed by atoms with van der Waals surface area (Å²) in [5.41, 5.74) is 0. The van der Waals surface area contributed by atoms with E-state index in [1.54, 1.807) is 4.90 Å². The molecule has 0 bridgehead atoms. The molecular weight excluding hydrogens is 302 g/mol. The molecule has 0 aromatic heterocycles. The molecule has 1 heterocycles. The van der Waals surface area contributed by atoms with E-state index in [9.17, 15) is 9.59 Å². The largest absolute Gasteiger partial charge is 0.481 e. The van der Waals surface area contributed by atoms with E-state index < -0.39 is 5.97 Å². The van der Waals surface area contributed by atoms with E-state index >= 15 is 0 Å². The van der Waals surface area contributed by atoms with Gasteiger partial charge in [0.15, 0.2) is 0 Å². The highest BCUT2D eigenvalue weighted by molar-refractivity contribution is 9.11. The van der Waals surface area contributed by atoms with Crippen LogP contribution in [0.4, 0.5) is 4.79 Å². The summed E-state index contributed by atoms with van der Waals surface area (Å²) in [6.07, 6.45) is 0.148. The molecule has 0 aromatic rings. The van der Waals surface area contributed by atoms with Crippen molar-refractivity contribution in [3.05, 3.63) is 11.1 Å². The maximum absolute atomic E-state index is 11.7.